The number of halogens is 1. The van der Waals surface area contributed by atoms with E-state index in [1.165, 1.54) is 12.1 Å². The number of carboxylic acids is 1. The van der Waals surface area contributed by atoms with Crippen LogP contribution in [-0.4, -0.2) is 16.0 Å². The Hall–Kier alpha value is -2.66. The zero-order valence-electron chi connectivity index (χ0n) is 11.6. The molecule has 0 unspecified atom stereocenters. The average Bonchev–Trinajstić information content (AvgIpc) is 2.47. The van der Waals surface area contributed by atoms with E-state index in [1.54, 1.807) is 43.3 Å². The van der Waals surface area contributed by atoms with Gasteiger partial charge in [-0.1, -0.05) is 35.9 Å². The molecule has 1 N–H and O–H groups in total. The molecular weight excluding hydrogens is 306 g/mol. The number of nitrogens with zero attached hydrogens (tertiary/aromatic N) is 1. The Morgan fingerprint density at radius 3 is 2.41 bits per heavy atom. The summed E-state index contributed by atoms with van der Waals surface area (Å²) in [7, 11) is 0. The summed E-state index contributed by atoms with van der Waals surface area (Å²) >= 11 is 5.79. The Bertz CT molecular complexity index is 766. The van der Waals surface area contributed by atoms with Crippen molar-refractivity contribution in [1.29, 1.82) is 0 Å². The molecule has 0 atom stereocenters. The molecule has 6 heteroatoms. The van der Waals surface area contributed by atoms with E-state index in [0.717, 1.165) is 0 Å². The zero-order valence-corrected chi connectivity index (χ0v) is 12.4. The van der Waals surface area contributed by atoms with Crippen molar-refractivity contribution >= 4 is 34.9 Å². The van der Waals surface area contributed by atoms with Gasteiger partial charge in [-0.15, -0.1) is 0 Å². The van der Waals surface area contributed by atoms with Crippen molar-refractivity contribution in [2.24, 2.45) is 0 Å². The van der Waals surface area contributed by atoms with E-state index < -0.39 is 10.9 Å². The lowest BCUT2D eigenvalue weighted by molar-refractivity contribution is -0.385. The van der Waals surface area contributed by atoms with Crippen LogP contribution >= 0.6 is 11.6 Å². The van der Waals surface area contributed by atoms with Crippen molar-refractivity contribution < 1.29 is 14.8 Å². The third-order valence-corrected chi connectivity index (χ3v) is 3.38. The van der Waals surface area contributed by atoms with Crippen LogP contribution in [0, 0.1) is 17.0 Å². The first-order valence-electron chi connectivity index (χ1n) is 6.34. The molecule has 0 bridgehead atoms. The van der Waals surface area contributed by atoms with Crippen LogP contribution in [0.25, 0.3) is 11.6 Å². The first-order chi connectivity index (χ1) is 10.4. The number of carbonyl (C=O) groups is 1. The van der Waals surface area contributed by atoms with Crippen molar-refractivity contribution in [3.63, 3.8) is 0 Å². The Kier molecular flexibility index (Phi) is 4.58. The Labute approximate surface area is 131 Å². The smallest absolute Gasteiger partial charge is 0.336 e. The van der Waals surface area contributed by atoms with Gasteiger partial charge >= 0.3 is 5.97 Å². The van der Waals surface area contributed by atoms with Crippen LogP contribution in [0.15, 0.2) is 42.5 Å². The molecule has 0 spiro atoms. The number of nitro groups is 1. The van der Waals surface area contributed by atoms with E-state index in [0.29, 0.717) is 21.7 Å². The first kappa shape index (κ1) is 15.7. The topological polar surface area (TPSA) is 80.4 Å². The highest BCUT2D eigenvalue weighted by molar-refractivity contribution is 6.30. The summed E-state index contributed by atoms with van der Waals surface area (Å²) in [5.41, 5.74) is 1.43. The normalized spacial score (nSPS) is 11.3. The summed E-state index contributed by atoms with van der Waals surface area (Å²) in [6, 6.07) is 10.9. The molecule has 0 aromatic heterocycles. The lowest BCUT2D eigenvalue weighted by atomic mass is 10.0. The molecule has 0 saturated heterocycles. The lowest BCUT2D eigenvalue weighted by Crippen LogP contribution is -2.00. The van der Waals surface area contributed by atoms with E-state index in [4.69, 9.17) is 11.6 Å². The van der Waals surface area contributed by atoms with Gasteiger partial charge in [0.05, 0.1) is 10.5 Å². The third-order valence-electron chi connectivity index (χ3n) is 3.13. The number of aliphatic carboxylic acids is 1. The van der Waals surface area contributed by atoms with Gasteiger partial charge in [0.25, 0.3) is 5.69 Å². The van der Waals surface area contributed by atoms with Gasteiger partial charge in [0.1, 0.15) is 0 Å². The van der Waals surface area contributed by atoms with Gasteiger partial charge in [-0.2, -0.15) is 0 Å². The van der Waals surface area contributed by atoms with Crippen molar-refractivity contribution in [2.75, 3.05) is 0 Å². The number of hydrogen-bond donors (Lipinski definition) is 1. The fraction of sp³-hybridized carbons (Fsp3) is 0.0625. The molecule has 5 nitrogen and oxygen atoms in total. The fourth-order valence-corrected chi connectivity index (χ4v) is 2.10. The van der Waals surface area contributed by atoms with Gasteiger partial charge < -0.3 is 5.11 Å². The maximum atomic E-state index is 11.4. The molecule has 0 fully saturated rings. The second kappa shape index (κ2) is 6.41. The maximum absolute atomic E-state index is 11.4. The molecular formula is C16H12ClNO4. The number of aryl methyl sites for hydroxylation is 1. The van der Waals surface area contributed by atoms with Gasteiger partial charge in [-0.25, -0.2) is 4.79 Å². The van der Waals surface area contributed by atoms with Gasteiger partial charge in [0.2, 0.25) is 0 Å². The molecule has 22 heavy (non-hydrogen) atoms. The van der Waals surface area contributed by atoms with Crippen molar-refractivity contribution in [3.05, 3.63) is 74.3 Å². The number of hydrogen-bond acceptors (Lipinski definition) is 3. The lowest BCUT2D eigenvalue weighted by Gasteiger charge is -2.04. The molecule has 0 aliphatic rings. The summed E-state index contributed by atoms with van der Waals surface area (Å²) in [6.07, 6.45) is 1.40. The minimum Gasteiger partial charge on any atom is -0.478 e. The van der Waals surface area contributed by atoms with E-state index in [9.17, 15) is 20.0 Å². The quantitative estimate of drug-likeness (QED) is 0.397. The fourth-order valence-electron chi connectivity index (χ4n) is 1.98. The third kappa shape index (κ3) is 3.51. The van der Waals surface area contributed by atoms with Gasteiger partial charge in [0.15, 0.2) is 0 Å². The van der Waals surface area contributed by atoms with E-state index in [1.807, 2.05) is 0 Å². The van der Waals surface area contributed by atoms with Crippen molar-refractivity contribution in [2.45, 2.75) is 6.92 Å². The maximum Gasteiger partial charge on any atom is 0.336 e. The highest BCUT2D eigenvalue weighted by Gasteiger charge is 2.14. The van der Waals surface area contributed by atoms with E-state index in [2.05, 4.69) is 0 Å². The Morgan fingerprint density at radius 2 is 1.86 bits per heavy atom. The molecule has 0 saturated carbocycles. The molecule has 2 aromatic rings. The number of benzene rings is 2. The molecule has 0 aliphatic carbocycles. The highest BCUT2D eigenvalue weighted by atomic mass is 35.5. The van der Waals surface area contributed by atoms with Crippen molar-refractivity contribution in [3.8, 4) is 0 Å². The van der Waals surface area contributed by atoms with Gasteiger partial charge in [-0.3, -0.25) is 10.1 Å². The van der Waals surface area contributed by atoms with Crippen LogP contribution in [0.4, 0.5) is 5.69 Å². The number of carboxylic acid groups (broad SMARTS) is 1. The van der Waals surface area contributed by atoms with Crippen LogP contribution in [0.3, 0.4) is 0 Å². The summed E-state index contributed by atoms with van der Waals surface area (Å²) in [6.45, 7) is 1.63. The van der Waals surface area contributed by atoms with Gasteiger partial charge in [-0.05, 0) is 36.3 Å². The second-order valence-electron chi connectivity index (χ2n) is 4.67. The zero-order chi connectivity index (χ0) is 16.3. The number of rotatable bonds is 4. The average molecular weight is 318 g/mol. The molecule has 0 aliphatic heterocycles. The highest BCUT2D eigenvalue weighted by Crippen LogP contribution is 2.24. The molecule has 2 aromatic carbocycles. The monoisotopic (exact) mass is 317 g/mol. The predicted molar refractivity (Wildman–Crippen MR) is 84.8 cm³/mol. The van der Waals surface area contributed by atoms with Crippen LogP contribution in [0.2, 0.25) is 5.02 Å². The standard InChI is InChI=1S/C16H12ClNO4/c1-10-2-3-11(9-15(10)18(21)22)8-14(16(19)20)12-4-6-13(17)7-5-12/h2-9H,1H3,(H,19,20)/b14-8-. The van der Waals surface area contributed by atoms with Crippen LogP contribution in [0.1, 0.15) is 16.7 Å². The summed E-state index contributed by atoms with van der Waals surface area (Å²) < 4.78 is 0. The summed E-state index contributed by atoms with van der Waals surface area (Å²) in [5.74, 6) is -1.12. The Balaban J connectivity index is 2.51. The van der Waals surface area contributed by atoms with Crippen LogP contribution in [0.5, 0.6) is 0 Å². The van der Waals surface area contributed by atoms with Crippen LogP contribution < -0.4 is 0 Å². The summed E-state index contributed by atoms with van der Waals surface area (Å²) in [5, 5.41) is 20.8. The van der Waals surface area contributed by atoms with Crippen LogP contribution in [-0.2, 0) is 4.79 Å². The Morgan fingerprint density at radius 1 is 1.23 bits per heavy atom. The van der Waals surface area contributed by atoms with E-state index >= 15 is 0 Å². The largest absolute Gasteiger partial charge is 0.478 e. The first-order valence-corrected chi connectivity index (χ1v) is 6.72. The SMILES string of the molecule is Cc1ccc(/C=C(\C(=O)O)c2ccc(Cl)cc2)cc1[N+](=O)[O-]. The predicted octanol–water partition coefficient (Wildman–Crippen LogP) is 4.18. The minimum atomic E-state index is -1.12. The van der Waals surface area contributed by atoms with Gasteiger partial charge in [0, 0.05) is 16.7 Å². The minimum absolute atomic E-state index is 0.0369. The summed E-state index contributed by atoms with van der Waals surface area (Å²) in [4.78, 5) is 21.9. The molecule has 0 heterocycles. The molecule has 112 valence electrons. The molecule has 0 radical (unpaired) electrons. The number of nitro benzene ring substituents is 1. The van der Waals surface area contributed by atoms with Crippen molar-refractivity contribution in [1.82, 2.24) is 0 Å². The second-order valence-corrected chi connectivity index (χ2v) is 5.11. The molecule has 2 rings (SSSR count). The van der Waals surface area contributed by atoms with E-state index in [-0.39, 0.29) is 11.3 Å². The molecule has 0 amide bonds.